The molecule has 10 rings (SSSR count). The number of nitrogens with two attached hydrogens (primary N) is 1. The lowest BCUT2D eigenvalue weighted by Gasteiger charge is -2.25. The largest absolute Gasteiger partial charge is 0.399 e. The van der Waals surface area contributed by atoms with Gasteiger partial charge in [-0.05, 0) is 137 Å². The van der Waals surface area contributed by atoms with E-state index in [4.69, 9.17) is 53.1 Å². The molecule has 2 unspecified atom stereocenters. The van der Waals surface area contributed by atoms with Gasteiger partial charge < -0.3 is 63.7 Å². The van der Waals surface area contributed by atoms with E-state index >= 15 is 0 Å². The zero-order valence-electron chi connectivity index (χ0n) is 64.4. The first-order chi connectivity index (χ1) is 53.8. The van der Waals surface area contributed by atoms with Crippen molar-refractivity contribution in [1.29, 1.82) is 0 Å². The second-order valence-corrected chi connectivity index (χ2v) is 28.7. The average Bonchev–Trinajstić information content (AvgIpc) is 1.41. The zero-order valence-corrected chi connectivity index (χ0v) is 65.2. The van der Waals surface area contributed by atoms with Gasteiger partial charge in [-0.15, -0.1) is 20.4 Å². The first-order valence-electron chi connectivity index (χ1n) is 37.5. The summed E-state index contributed by atoms with van der Waals surface area (Å²) in [4.78, 5) is 47.5. The Kier molecular flexibility index (Phi) is 40.6. The average molecular weight is 1560 g/mol. The second-order valence-electron chi connectivity index (χ2n) is 26.4. The van der Waals surface area contributed by atoms with E-state index in [9.17, 15) is 27.6 Å². The number of Topliss-reactive ketones (excluding diaryl/α,β-unsaturated/α-hetero) is 2. The molecule has 111 heavy (non-hydrogen) atoms. The van der Waals surface area contributed by atoms with Crippen molar-refractivity contribution in [2.45, 2.75) is 143 Å². The van der Waals surface area contributed by atoms with Crippen LogP contribution in [0.15, 0.2) is 147 Å². The van der Waals surface area contributed by atoms with Crippen LogP contribution in [0.25, 0.3) is 22.6 Å². The molecule has 2 atom stereocenters. The van der Waals surface area contributed by atoms with Gasteiger partial charge in [0.1, 0.15) is 17.1 Å². The van der Waals surface area contributed by atoms with Crippen molar-refractivity contribution in [2.24, 2.45) is 0 Å². The Morgan fingerprint density at radius 2 is 0.973 bits per heavy atom. The SMILES string of the molecule is C=C(C)C(=O)CCCOCCOCCOCCn1cc(-c2ccc(N)cc2)nn1.C=C(C)C(=O)CCCOCCOCCOCCn1cc(CN2CCS(=O)(=O)CC2)nn1.C=C(C)C(=O)NCc1ccc(-n2cc(COC3CCCCO3)nn2)cc1.C=CC(=O)NCc1ccc(-n2cc(COC3CCCCO3)nn2)cc1. The van der Waals surface area contributed by atoms with E-state index in [1.807, 2.05) is 97.6 Å². The van der Waals surface area contributed by atoms with Crippen LogP contribution >= 0.6 is 0 Å². The molecule has 32 nitrogen and oxygen atoms in total. The molecule has 604 valence electrons. The number of rotatable bonds is 45. The van der Waals surface area contributed by atoms with Crippen LogP contribution < -0.4 is 16.4 Å². The van der Waals surface area contributed by atoms with Crippen LogP contribution in [0.5, 0.6) is 0 Å². The van der Waals surface area contributed by atoms with Crippen molar-refractivity contribution in [2.75, 3.05) is 123 Å². The number of allylic oxidation sites excluding steroid dienone is 2. The Hall–Kier alpha value is -9.23. The molecule has 3 saturated heterocycles. The van der Waals surface area contributed by atoms with Gasteiger partial charge in [-0.2, -0.15) is 0 Å². The van der Waals surface area contributed by atoms with Crippen molar-refractivity contribution < 1.29 is 75.0 Å². The van der Waals surface area contributed by atoms with E-state index in [1.54, 1.807) is 39.5 Å². The second kappa shape index (κ2) is 50.6. The number of hydrogen-bond acceptors (Lipinski definition) is 26. The van der Waals surface area contributed by atoms with Gasteiger partial charge in [-0.3, -0.25) is 24.1 Å². The third-order valence-corrected chi connectivity index (χ3v) is 18.6. The highest BCUT2D eigenvalue weighted by atomic mass is 32.2. The van der Waals surface area contributed by atoms with Crippen LogP contribution in [-0.2, 0) is 122 Å². The summed E-state index contributed by atoms with van der Waals surface area (Å²) >= 11 is 0. The maximum atomic E-state index is 11.5. The smallest absolute Gasteiger partial charge is 0.246 e. The molecule has 0 spiro atoms. The number of ether oxygens (including phenoxy) is 10. The quantitative estimate of drug-likeness (QED) is 0.0188. The Labute approximate surface area is 650 Å². The minimum absolute atomic E-state index is 0.0822. The Bertz CT molecular complexity index is 4030. The Morgan fingerprint density at radius 3 is 1.42 bits per heavy atom. The highest BCUT2D eigenvalue weighted by Crippen LogP contribution is 2.20. The zero-order chi connectivity index (χ0) is 79.3. The van der Waals surface area contributed by atoms with Gasteiger partial charge in [0.2, 0.25) is 11.8 Å². The number of amides is 2. The van der Waals surface area contributed by atoms with Gasteiger partial charge in [-0.1, -0.05) is 83.6 Å². The molecular weight excluding hydrogens is 1450 g/mol. The highest BCUT2D eigenvalue weighted by Gasteiger charge is 2.23. The summed E-state index contributed by atoms with van der Waals surface area (Å²) in [5.41, 5.74) is 16.0. The summed E-state index contributed by atoms with van der Waals surface area (Å²) in [6, 6.07) is 23.0. The van der Waals surface area contributed by atoms with Gasteiger partial charge in [-0.25, -0.2) is 27.1 Å². The van der Waals surface area contributed by atoms with Crippen molar-refractivity contribution in [3.63, 3.8) is 0 Å². The number of aromatic nitrogens is 12. The number of nitrogens with zero attached hydrogens (tertiary/aromatic N) is 13. The number of carbonyl (C=O) groups is 4. The molecule has 0 bridgehead atoms. The number of sulfone groups is 1. The van der Waals surface area contributed by atoms with Crippen LogP contribution in [0, 0.1) is 0 Å². The third-order valence-electron chi connectivity index (χ3n) is 17.0. The number of nitrogens with one attached hydrogen (secondary N) is 2. The third kappa shape index (κ3) is 36.2. The topological polar surface area (TPSA) is 371 Å². The number of carbonyl (C=O) groups excluding carboxylic acids is 4. The van der Waals surface area contributed by atoms with Crippen LogP contribution in [0.4, 0.5) is 5.69 Å². The predicted molar refractivity (Wildman–Crippen MR) is 415 cm³/mol. The number of nitrogen functional groups attached to an aromatic ring is 1. The first-order valence-corrected chi connectivity index (χ1v) is 39.3. The molecule has 7 heterocycles. The van der Waals surface area contributed by atoms with E-state index in [0.717, 1.165) is 108 Å². The van der Waals surface area contributed by atoms with E-state index in [1.165, 1.54) is 6.08 Å². The van der Waals surface area contributed by atoms with Gasteiger partial charge in [0, 0.05) is 95.0 Å². The lowest BCUT2D eigenvalue weighted by molar-refractivity contribution is -0.169. The molecule has 3 fully saturated rings. The van der Waals surface area contributed by atoms with Gasteiger partial charge in [0.05, 0.1) is 140 Å². The van der Waals surface area contributed by atoms with Crippen molar-refractivity contribution in [3.8, 4) is 22.6 Å². The van der Waals surface area contributed by atoms with E-state index in [2.05, 4.69) is 83.1 Å². The van der Waals surface area contributed by atoms with Crippen LogP contribution in [-0.4, -0.2) is 226 Å². The van der Waals surface area contributed by atoms with E-state index < -0.39 is 9.84 Å². The summed E-state index contributed by atoms with van der Waals surface area (Å²) in [5, 5.41) is 38.6. The van der Waals surface area contributed by atoms with E-state index in [0.29, 0.717) is 181 Å². The summed E-state index contributed by atoms with van der Waals surface area (Å²) in [7, 11) is -2.87. The lowest BCUT2D eigenvalue weighted by atomic mass is 10.1. The maximum absolute atomic E-state index is 11.5. The molecule has 4 N–H and O–H groups in total. The summed E-state index contributed by atoms with van der Waals surface area (Å²) in [6.45, 7) is 31.6. The summed E-state index contributed by atoms with van der Waals surface area (Å²) in [6.07, 6.45) is 17.1. The van der Waals surface area contributed by atoms with Gasteiger partial charge in [0.25, 0.3) is 0 Å². The molecule has 7 aromatic rings. The standard InChI is InChI=1S/C21H30N4O4.C20H34N4O6S.C19H24N4O3.C18H22N4O3/c1-17(2)21(26)4-3-10-27-12-14-29-15-13-28-11-9-25-16-20(23-24-25)18-5-7-19(22)8-6-18;1-18(2)20(25)4-3-8-28-10-12-30-13-11-29-9-5-24-17-19(21-22-24)16-23-6-14-31(26,27)15-7-23;1-14(2)19(24)20-11-15-6-8-17(9-7-15)23-12-16(21-22-23)13-26-18-5-3-4-10-25-18;1-2-17(23)19-11-14-6-8-16(9-7-14)22-12-15(20-21-22)13-25-18-5-3-4-10-24-18/h5-8,16H,1,3-4,9-15,22H2,2H3;17H,1,3-16H2,2H3;6-9,12,18H,1,3-5,10-11,13H2,2H3,(H,20,24);2,6-9,12,18H,1,3-5,10-11,13H2,(H,19,23). The predicted octanol–water partition coefficient (Wildman–Crippen LogP) is 7.60. The molecule has 3 aliphatic heterocycles. The molecule has 0 radical (unpaired) electrons. The maximum Gasteiger partial charge on any atom is 0.246 e. The van der Waals surface area contributed by atoms with Crippen molar-refractivity contribution in [3.05, 3.63) is 175 Å². The minimum Gasteiger partial charge on any atom is -0.399 e. The minimum atomic E-state index is -2.87. The number of benzene rings is 3. The van der Waals surface area contributed by atoms with Crippen molar-refractivity contribution >= 4 is 38.9 Å². The summed E-state index contributed by atoms with van der Waals surface area (Å²) < 4.78 is 85.2. The molecule has 0 saturated carbocycles. The fraction of sp³-hybridized carbons (Fsp3) is 0.513. The summed E-state index contributed by atoms with van der Waals surface area (Å²) in [5.74, 6) is 0.260. The molecule has 0 aliphatic carbocycles. The number of hydrogen-bond donors (Lipinski definition) is 3. The van der Waals surface area contributed by atoms with Gasteiger partial charge in [0.15, 0.2) is 34.0 Å². The first kappa shape index (κ1) is 89.0. The number of ketones is 2. The molecule has 3 aromatic carbocycles. The molecule has 2 amide bonds. The normalized spacial score (nSPS) is 15.3. The van der Waals surface area contributed by atoms with E-state index in [-0.39, 0.29) is 47.5 Å². The fourth-order valence-electron chi connectivity index (χ4n) is 10.5. The van der Waals surface area contributed by atoms with Crippen molar-refractivity contribution in [1.82, 2.24) is 75.5 Å². The molecule has 33 heteroatoms. The van der Waals surface area contributed by atoms with Gasteiger partial charge >= 0.3 is 0 Å². The monoisotopic (exact) mass is 1560 g/mol. The Morgan fingerprint density at radius 1 is 0.532 bits per heavy atom. The number of anilines is 1. The molecular formula is C78H110N16O16S. The van der Waals surface area contributed by atoms with Crippen LogP contribution in [0.1, 0.15) is 113 Å². The fourth-order valence-corrected chi connectivity index (χ4v) is 11.8. The lowest BCUT2D eigenvalue weighted by Crippen LogP contribution is -2.39. The highest BCUT2D eigenvalue weighted by molar-refractivity contribution is 7.91. The molecule has 3 aliphatic rings. The Balaban J connectivity index is 0.000000206. The van der Waals surface area contributed by atoms with Crippen LogP contribution in [0.3, 0.4) is 0 Å². The van der Waals surface area contributed by atoms with Crippen LogP contribution in [0.2, 0.25) is 0 Å². The molecule has 4 aromatic heterocycles.